The van der Waals surface area contributed by atoms with Crippen molar-refractivity contribution in [2.75, 3.05) is 13.2 Å². The van der Waals surface area contributed by atoms with Crippen LogP contribution in [0, 0.1) is 0 Å². The summed E-state index contributed by atoms with van der Waals surface area (Å²) in [6.45, 7) is 2.10. The lowest BCUT2D eigenvalue weighted by Crippen LogP contribution is -2.50. The fourth-order valence-corrected chi connectivity index (χ4v) is 1.92. The molecule has 1 aromatic carbocycles. The molecule has 0 saturated heterocycles. The van der Waals surface area contributed by atoms with Gasteiger partial charge in [0.05, 0.1) is 0 Å². The number of carbonyl (C=O) groups is 1. The highest BCUT2D eigenvalue weighted by atomic mass is 16.7. The van der Waals surface area contributed by atoms with Crippen LogP contribution in [0.3, 0.4) is 0 Å². The van der Waals surface area contributed by atoms with Crippen LogP contribution in [0.15, 0.2) is 18.2 Å². The predicted molar refractivity (Wildman–Crippen MR) is 70.4 cm³/mol. The Kier molecular flexibility index (Phi) is 3.15. The number of nitrogens with one attached hydrogen (secondary N) is 1. The van der Waals surface area contributed by atoms with Gasteiger partial charge in [-0.1, -0.05) is 0 Å². The fourth-order valence-electron chi connectivity index (χ4n) is 1.92. The summed E-state index contributed by atoms with van der Waals surface area (Å²) in [5.74, 6) is 1.39. The van der Waals surface area contributed by atoms with Crippen LogP contribution >= 0.6 is 0 Å². The first-order valence-corrected chi connectivity index (χ1v) is 5.74. The third-order valence-corrected chi connectivity index (χ3v) is 2.82. The van der Waals surface area contributed by atoms with Gasteiger partial charge in [-0.05, 0) is 31.6 Å². The molecule has 17 heavy (non-hydrogen) atoms. The Balaban J connectivity index is 2.26. The lowest BCUT2D eigenvalue weighted by molar-refractivity contribution is 0.0930. The molecule has 1 heterocycles. The van der Waals surface area contributed by atoms with E-state index in [4.69, 9.17) is 9.47 Å². The highest BCUT2D eigenvalue weighted by Crippen LogP contribution is 2.33. The average molecular weight is 231 g/mol. The molecule has 1 aromatic rings. The van der Waals surface area contributed by atoms with E-state index in [1.807, 2.05) is 22.6 Å². The van der Waals surface area contributed by atoms with Crippen molar-refractivity contribution in [3.63, 3.8) is 0 Å². The first kappa shape index (κ1) is 12.0. The second-order valence-corrected chi connectivity index (χ2v) is 4.55. The van der Waals surface area contributed by atoms with Gasteiger partial charge in [0.25, 0.3) is 0 Å². The zero-order valence-electron chi connectivity index (χ0n) is 10.4. The molecular weight excluding hydrogens is 216 g/mol. The van der Waals surface area contributed by atoms with Crippen molar-refractivity contribution < 1.29 is 14.3 Å². The van der Waals surface area contributed by atoms with E-state index in [9.17, 15) is 4.79 Å². The van der Waals surface area contributed by atoms with Crippen molar-refractivity contribution in [2.45, 2.75) is 12.4 Å². The van der Waals surface area contributed by atoms with Crippen molar-refractivity contribution in [2.24, 2.45) is 0 Å². The Morgan fingerprint density at radius 3 is 2.88 bits per heavy atom. The highest BCUT2D eigenvalue weighted by Gasteiger charge is 2.28. The summed E-state index contributed by atoms with van der Waals surface area (Å²) in [6, 6.07) is 5.29. The average Bonchev–Trinajstić information content (AvgIpc) is 2.74. The molecule has 0 saturated carbocycles. The van der Waals surface area contributed by atoms with Gasteiger partial charge < -0.3 is 14.8 Å². The Labute approximate surface area is 102 Å². The van der Waals surface area contributed by atoms with Crippen molar-refractivity contribution in [3.8, 4) is 11.5 Å². The lowest BCUT2D eigenvalue weighted by Gasteiger charge is -2.24. The molecular formula is C11H15B2NO3. The van der Waals surface area contributed by atoms with E-state index in [-0.39, 0.29) is 12.6 Å². The van der Waals surface area contributed by atoms with Gasteiger partial charge in [-0.3, -0.25) is 4.79 Å². The molecule has 4 nitrogen and oxygen atoms in total. The Morgan fingerprint density at radius 1 is 1.47 bits per heavy atom. The predicted octanol–water partition coefficient (Wildman–Crippen LogP) is -0.873. The topological polar surface area (TPSA) is 47.6 Å². The van der Waals surface area contributed by atoms with Crippen LogP contribution < -0.4 is 14.8 Å². The van der Waals surface area contributed by atoms with Gasteiger partial charge in [0.2, 0.25) is 6.79 Å². The number of carbonyl (C=O) groups excluding carboxylic acids is 1. The minimum atomic E-state index is -0.567. The largest absolute Gasteiger partial charge is 0.454 e. The molecule has 2 rings (SSSR count). The summed E-state index contributed by atoms with van der Waals surface area (Å²) in [4.78, 5) is 12.3. The van der Waals surface area contributed by atoms with Gasteiger partial charge in [0.1, 0.15) is 15.7 Å². The molecule has 88 valence electrons. The van der Waals surface area contributed by atoms with Crippen LogP contribution in [0.25, 0.3) is 0 Å². The van der Waals surface area contributed by atoms with Crippen molar-refractivity contribution >= 4 is 21.5 Å². The second-order valence-electron chi connectivity index (χ2n) is 4.55. The van der Waals surface area contributed by atoms with Crippen LogP contribution in [-0.2, 0) is 0 Å². The standard InChI is InChI=1S/C11H15B2NO3/c1-11(13,14-5-12)10(15)7-2-3-8-9(4-7)17-6-16-8/h2-4,14H,5-6,12-13H2,1H3/t11-/m0/s1. The van der Waals surface area contributed by atoms with Gasteiger partial charge in [-0.15, -0.1) is 0 Å². The SMILES string of the molecule is BCN[C@@](B)(C)C(=O)c1ccc2c(c1)OCO2. The van der Waals surface area contributed by atoms with Crippen LogP contribution in [0.1, 0.15) is 17.3 Å². The van der Waals surface area contributed by atoms with E-state index in [2.05, 4.69) is 5.32 Å². The summed E-state index contributed by atoms with van der Waals surface area (Å²) in [7, 11) is 3.86. The quantitative estimate of drug-likeness (QED) is 0.540. The Morgan fingerprint density at radius 2 is 2.18 bits per heavy atom. The molecule has 0 radical (unpaired) electrons. The molecule has 0 bridgehead atoms. The third kappa shape index (κ3) is 2.31. The number of rotatable bonds is 4. The molecule has 1 atom stereocenters. The maximum atomic E-state index is 12.3. The van der Waals surface area contributed by atoms with Gasteiger partial charge in [-0.2, -0.15) is 0 Å². The smallest absolute Gasteiger partial charge is 0.231 e. The first-order valence-electron chi connectivity index (χ1n) is 5.74. The van der Waals surface area contributed by atoms with Crippen molar-refractivity contribution in [3.05, 3.63) is 23.8 Å². The molecule has 0 amide bonds. The molecule has 6 heteroatoms. The molecule has 0 unspecified atom stereocenters. The van der Waals surface area contributed by atoms with E-state index in [0.29, 0.717) is 17.1 Å². The number of hydrogen-bond donors (Lipinski definition) is 1. The summed E-state index contributed by atoms with van der Waals surface area (Å²) >= 11 is 0. The van der Waals surface area contributed by atoms with Gasteiger partial charge in [0.15, 0.2) is 17.3 Å². The van der Waals surface area contributed by atoms with E-state index in [0.717, 1.165) is 6.44 Å². The molecule has 1 aliphatic heterocycles. The Bertz CT molecular complexity index is 448. The van der Waals surface area contributed by atoms with E-state index < -0.39 is 5.44 Å². The number of hydrogen-bond acceptors (Lipinski definition) is 4. The monoisotopic (exact) mass is 231 g/mol. The molecule has 0 aromatic heterocycles. The maximum Gasteiger partial charge on any atom is 0.231 e. The van der Waals surface area contributed by atoms with Crippen molar-refractivity contribution in [1.29, 1.82) is 0 Å². The van der Waals surface area contributed by atoms with E-state index in [1.165, 1.54) is 0 Å². The lowest BCUT2D eigenvalue weighted by atomic mass is 9.73. The number of ketones is 1. The zero-order chi connectivity index (χ0) is 12.5. The molecule has 0 fully saturated rings. The summed E-state index contributed by atoms with van der Waals surface area (Å²) < 4.78 is 10.5. The molecule has 0 spiro atoms. The first-order chi connectivity index (χ1) is 8.04. The zero-order valence-corrected chi connectivity index (χ0v) is 10.4. The second kappa shape index (κ2) is 4.45. The molecule has 0 aliphatic carbocycles. The van der Waals surface area contributed by atoms with Gasteiger partial charge in [0, 0.05) is 11.0 Å². The summed E-state index contributed by atoms with van der Waals surface area (Å²) in [6.07, 6.45) is 0.753. The summed E-state index contributed by atoms with van der Waals surface area (Å²) in [5, 5.41) is 3.17. The van der Waals surface area contributed by atoms with Gasteiger partial charge in [-0.25, -0.2) is 0 Å². The Hall–Kier alpha value is -1.42. The van der Waals surface area contributed by atoms with Crippen LogP contribution in [0.2, 0.25) is 0 Å². The number of fused-ring (bicyclic) bond motifs is 1. The number of ether oxygens (including phenoxy) is 2. The van der Waals surface area contributed by atoms with Crippen LogP contribution in [-0.4, -0.2) is 40.2 Å². The van der Waals surface area contributed by atoms with Gasteiger partial charge >= 0.3 is 0 Å². The van der Waals surface area contributed by atoms with Crippen molar-refractivity contribution in [1.82, 2.24) is 5.32 Å². The minimum Gasteiger partial charge on any atom is -0.454 e. The molecule has 1 aliphatic rings. The van der Waals surface area contributed by atoms with Crippen LogP contribution in [0.4, 0.5) is 0 Å². The van der Waals surface area contributed by atoms with Crippen LogP contribution in [0.5, 0.6) is 11.5 Å². The normalized spacial score (nSPS) is 16.5. The van der Waals surface area contributed by atoms with E-state index >= 15 is 0 Å². The maximum absolute atomic E-state index is 12.3. The van der Waals surface area contributed by atoms with E-state index in [1.54, 1.807) is 18.2 Å². The molecule has 1 N–H and O–H groups in total. The highest BCUT2D eigenvalue weighted by molar-refractivity contribution is 6.32. The third-order valence-electron chi connectivity index (χ3n) is 2.82. The fraction of sp³-hybridized carbons (Fsp3) is 0.364. The number of benzene rings is 1. The minimum absolute atomic E-state index is 0.0534. The summed E-state index contributed by atoms with van der Waals surface area (Å²) in [5.41, 5.74) is 0.0721. The number of Topliss-reactive ketones (excluding diaryl/α,β-unsaturated/α-hetero) is 1.